The number of nitrogens with zero attached hydrogens (tertiary/aromatic N) is 3. The monoisotopic (exact) mass is 111 g/mol. The summed E-state index contributed by atoms with van der Waals surface area (Å²) in [4.78, 5) is 2.63. The molecule has 1 saturated heterocycles. The number of hydrogen-bond donors (Lipinski definition) is 0. The summed E-state index contributed by atoms with van der Waals surface area (Å²) in [6.45, 7) is 0. The highest BCUT2D eigenvalue weighted by molar-refractivity contribution is 5.12. The molecular formula is C4H5N3O. The molecule has 1 aliphatic heterocycles. The van der Waals surface area contributed by atoms with Gasteiger partial charge in [-0.15, -0.1) is 0 Å². The summed E-state index contributed by atoms with van der Waals surface area (Å²) in [5, 5.41) is 3.41. The molecule has 0 bridgehead atoms. The lowest BCUT2D eigenvalue weighted by molar-refractivity contribution is 0.366. The van der Waals surface area contributed by atoms with Crippen molar-refractivity contribution in [1.82, 2.24) is 0 Å². The van der Waals surface area contributed by atoms with Crippen LogP contribution in [-0.2, 0) is 4.74 Å². The van der Waals surface area contributed by atoms with E-state index in [1.54, 1.807) is 0 Å². The minimum Gasteiger partial charge on any atom is -0.360 e. The predicted molar refractivity (Wildman–Crippen MR) is 26.0 cm³/mol. The van der Waals surface area contributed by atoms with E-state index >= 15 is 0 Å². The molecule has 0 amide bonds. The zero-order valence-electron chi connectivity index (χ0n) is 4.24. The number of azide groups is 1. The molecule has 2 aliphatic rings. The van der Waals surface area contributed by atoms with Gasteiger partial charge in [-0.05, 0) is 18.4 Å². The number of hydrogen-bond acceptors (Lipinski definition) is 2. The standard InChI is InChI=1S/C4H5N3O/c5-7-6-3-4(8-3)1-2-4/h3H,1-2H2. The lowest BCUT2D eigenvalue weighted by Gasteiger charge is -1.65. The quantitative estimate of drug-likeness (QED) is 0.217. The summed E-state index contributed by atoms with van der Waals surface area (Å²) >= 11 is 0. The molecule has 2 rings (SSSR count). The maximum atomic E-state index is 7.92. The van der Waals surface area contributed by atoms with Gasteiger partial charge in [-0.1, -0.05) is 5.11 Å². The van der Waals surface area contributed by atoms with Gasteiger partial charge in [-0.2, -0.15) is 0 Å². The van der Waals surface area contributed by atoms with Gasteiger partial charge in [0.25, 0.3) is 0 Å². The van der Waals surface area contributed by atoms with Crippen LogP contribution in [0.15, 0.2) is 5.11 Å². The number of ether oxygens (including phenoxy) is 1. The van der Waals surface area contributed by atoms with Crippen molar-refractivity contribution in [2.45, 2.75) is 24.7 Å². The molecule has 0 aromatic rings. The summed E-state index contributed by atoms with van der Waals surface area (Å²) < 4.78 is 5.04. The van der Waals surface area contributed by atoms with E-state index in [0.29, 0.717) is 0 Å². The summed E-state index contributed by atoms with van der Waals surface area (Å²) in [5.74, 6) is 0. The Kier molecular flexibility index (Phi) is 0.517. The molecule has 1 aliphatic carbocycles. The normalized spacial score (nSPS) is 36.2. The van der Waals surface area contributed by atoms with Crippen molar-refractivity contribution in [3.8, 4) is 0 Å². The fourth-order valence-electron chi connectivity index (χ4n) is 0.852. The van der Waals surface area contributed by atoms with Crippen molar-refractivity contribution in [3.05, 3.63) is 10.4 Å². The molecule has 2 fully saturated rings. The first-order valence-electron chi connectivity index (χ1n) is 2.59. The van der Waals surface area contributed by atoms with Crippen molar-refractivity contribution in [2.24, 2.45) is 5.11 Å². The maximum absolute atomic E-state index is 7.92. The summed E-state index contributed by atoms with van der Waals surface area (Å²) in [6, 6.07) is 0. The molecule has 1 spiro atoms. The van der Waals surface area contributed by atoms with Gasteiger partial charge < -0.3 is 4.74 Å². The Morgan fingerprint density at radius 1 is 1.75 bits per heavy atom. The van der Waals surface area contributed by atoms with Crippen LogP contribution in [0.3, 0.4) is 0 Å². The molecule has 42 valence electrons. The Morgan fingerprint density at radius 2 is 2.50 bits per heavy atom. The first-order valence-corrected chi connectivity index (χ1v) is 2.59. The third-order valence-corrected chi connectivity index (χ3v) is 1.64. The Hall–Kier alpha value is -0.730. The van der Waals surface area contributed by atoms with Gasteiger partial charge in [-0.25, -0.2) is 0 Å². The Bertz CT molecular complexity index is 168. The average Bonchev–Trinajstić information content (AvgIpc) is 2.57. The van der Waals surface area contributed by atoms with E-state index in [1.165, 1.54) is 0 Å². The van der Waals surface area contributed by atoms with Crippen molar-refractivity contribution >= 4 is 0 Å². The van der Waals surface area contributed by atoms with Crippen molar-refractivity contribution in [1.29, 1.82) is 0 Å². The van der Waals surface area contributed by atoms with E-state index in [0.717, 1.165) is 12.8 Å². The average molecular weight is 111 g/mol. The Labute approximate surface area is 46.1 Å². The van der Waals surface area contributed by atoms with Crippen LogP contribution in [0.2, 0.25) is 0 Å². The van der Waals surface area contributed by atoms with E-state index in [9.17, 15) is 0 Å². The number of rotatable bonds is 1. The summed E-state index contributed by atoms with van der Waals surface area (Å²) in [6.07, 6.45) is 2.04. The molecule has 0 aromatic carbocycles. The van der Waals surface area contributed by atoms with Gasteiger partial charge in [-0.3, -0.25) is 0 Å². The highest BCUT2D eigenvalue weighted by atomic mass is 16.6. The molecule has 1 unspecified atom stereocenters. The fourth-order valence-corrected chi connectivity index (χ4v) is 0.852. The highest BCUT2D eigenvalue weighted by Crippen LogP contribution is 2.57. The lowest BCUT2D eigenvalue weighted by atomic mass is 10.4. The van der Waals surface area contributed by atoms with E-state index in [-0.39, 0.29) is 11.8 Å². The van der Waals surface area contributed by atoms with Crippen LogP contribution >= 0.6 is 0 Å². The van der Waals surface area contributed by atoms with E-state index in [2.05, 4.69) is 10.0 Å². The zero-order chi connectivity index (χ0) is 5.61. The molecule has 1 saturated carbocycles. The summed E-state index contributed by atoms with van der Waals surface area (Å²) in [7, 11) is 0. The molecule has 1 atom stereocenters. The second kappa shape index (κ2) is 0.989. The SMILES string of the molecule is [N-]=[N+]=NC1OC12CC2. The predicted octanol–water partition coefficient (Wildman–Crippen LogP) is 1.19. The Morgan fingerprint density at radius 3 is 2.88 bits per heavy atom. The zero-order valence-corrected chi connectivity index (χ0v) is 4.24. The van der Waals surface area contributed by atoms with Gasteiger partial charge >= 0.3 is 0 Å². The van der Waals surface area contributed by atoms with Crippen molar-refractivity contribution < 1.29 is 4.74 Å². The number of epoxide rings is 1. The topological polar surface area (TPSA) is 61.3 Å². The second-order valence-corrected chi connectivity index (χ2v) is 2.24. The van der Waals surface area contributed by atoms with Gasteiger partial charge in [0.1, 0.15) is 5.60 Å². The molecule has 1 heterocycles. The van der Waals surface area contributed by atoms with Crippen LogP contribution in [0.1, 0.15) is 12.8 Å². The maximum Gasteiger partial charge on any atom is 0.166 e. The van der Waals surface area contributed by atoms with E-state index in [4.69, 9.17) is 10.3 Å². The van der Waals surface area contributed by atoms with Crippen LogP contribution in [0.5, 0.6) is 0 Å². The van der Waals surface area contributed by atoms with Crippen LogP contribution < -0.4 is 0 Å². The smallest absolute Gasteiger partial charge is 0.166 e. The largest absolute Gasteiger partial charge is 0.360 e. The molecule has 0 radical (unpaired) electrons. The molecule has 4 heteroatoms. The van der Waals surface area contributed by atoms with E-state index < -0.39 is 0 Å². The Balaban J connectivity index is 2.06. The molecule has 0 aromatic heterocycles. The molecule has 0 N–H and O–H groups in total. The third kappa shape index (κ3) is 0.363. The molecule has 4 nitrogen and oxygen atoms in total. The minimum atomic E-state index is -0.118. The van der Waals surface area contributed by atoms with Crippen LogP contribution in [-0.4, -0.2) is 11.8 Å². The summed E-state index contributed by atoms with van der Waals surface area (Å²) in [5.41, 5.74) is 7.96. The third-order valence-electron chi connectivity index (χ3n) is 1.64. The van der Waals surface area contributed by atoms with E-state index in [1.807, 2.05) is 0 Å². The second-order valence-electron chi connectivity index (χ2n) is 2.24. The van der Waals surface area contributed by atoms with Crippen LogP contribution in [0.25, 0.3) is 10.4 Å². The van der Waals surface area contributed by atoms with Crippen LogP contribution in [0, 0.1) is 0 Å². The van der Waals surface area contributed by atoms with Gasteiger partial charge in [0.05, 0.1) is 0 Å². The van der Waals surface area contributed by atoms with Crippen molar-refractivity contribution in [3.63, 3.8) is 0 Å². The fraction of sp³-hybridized carbons (Fsp3) is 1.00. The van der Waals surface area contributed by atoms with Gasteiger partial charge in [0, 0.05) is 4.91 Å². The van der Waals surface area contributed by atoms with Crippen molar-refractivity contribution in [2.75, 3.05) is 0 Å². The minimum absolute atomic E-state index is 0.0478. The highest BCUT2D eigenvalue weighted by Gasteiger charge is 2.65. The molecular weight excluding hydrogens is 106 g/mol. The first kappa shape index (κ1) is 4.18. The van der Waals surface area contributed by atoms with Crippen LogP contribution in [0.4, 0.5) is 0 Å². The van der Waals surface area contributed by atoms with Gasteiger partial charge in [0.15, 0.2) is 6.23 Å². The molecule has 8 heavy (non-hydrogen) atoms. The van der Waals surface area contributed by atoms with Gasteiger partial charge in [0.2, 0.25) is 0 Å². The lowest BCUT2D eigenvalue weighted by Crippen LogP contribution is -1.83. The first-order chi connectivity index (χ1) is 3.87.